The van der Waals surface area contributed by atoms with Gasteiger partial charge in [-0.3, -0.25) is 4.79 Å². The molecular weight excluding hydrogens is 388 g/mol. The number of methoxy groups -OCH3 is 2. The Kier molecular flexibility index (Phi) is 10.1. The smallest absolute Gasteiger partial charge is 0.414 e. The maximum Gasteiger partial charge on any atom is 0.414 e. The Hall–Kier alpha value is -3.11. The van der Waals surface area contributed by atoms with Crippen LogP contribution >= 0.6 is 11.3 Å². The van der Waals surface area contributed by atoms with Crippen molar-refractivity contribution in [3.63, 3.8) is 0 Å². The van der Waals surface area contributed by atoms with Gasteiger partial charge in [0.1, 0.15) is 11.5 Å². The summed E-state index contributed by atoms with van der Waals surface area (Å²) in [6.45, 7) is 1.90. The molecule has 0 aliphatic carbocycles. The van der Waals surface area contributed by atoms with Crippen molar-refractivity contribution in [3.8, 4) is 11.5 Å². The number of hydrogen-bond acceptors (Lipinski definition) is 7. The van der Waals surface area contributed by atoms with Gasteiger partial charge in [0.15, 0.2) is 0 Å². The summed E-state index contributed by atoms with van der Waals surface area (Å²) in [5.74, 6) is -2.07. The summed E-state index contributed by atoms with van der Waals surface area (Å²) in [6.07, 6.45) is 0. The fraction of sp³-hybridized carbons (Fsp3) is 0.278. The summed E-state index contributed by atoms with van der Waals surface area (Å²) >= 11 is 1.44. The highest BCUT2D eigenvalue weighted by Gasteiger charge is 2.06. The quantitative estimate of drug-likeness (QED) is 0.379. The molecule has 0 unspecified atom stereocenters. The number of carbonyl (C=O) groups excluding carboxylic acids is 1. The molecule has 0 aliphatic heterocycles. The third kappa shape index (κ3) is 8.06. The first-order valence-corrected chi connectivity index (χ1v) is 8.96. The van der Waals surface area contributed by atoms with Crippen LogP contribution in [0.1, 0.15) is 15.2 Å². The first kappa shape index (κ1) is 22.9. The molecule has 1 aromatic carbocycles. The zero-order valence-electron chi connectivity index (χ0n) is 15.4. The number of carbonyl (C=O) groups is 3. The highest BCUT2D eigenvalue weighted by atomic mass is 32.1. The number of aliphatic carboxylic acids is 2. The Morgan fingerprint density at radius 1 is 1.04 bits per heavy atom. The molecule has 9 nitrogen and oxygen atoms in total. The molecule has 28 heavy (non-hydrogen) atoms. The van der Waals surface area contributed by atoms with Gasteiger partial charge < -0.3 is 30.3 Å². The minimum atomic E-state index is -1.82. The van der Waals surface area contributed by atoms with Gasteiger partial charge in [-0.1, -0.05) is 6.07 Å². The molecule has 0 aliphatic rings. The summed E-state index contributed by atoms with van der Waals surface area (Å²) in [5.41, 5.74) is 1.02. The fourth-order valence-electron chi connectivity index (χ4n) is 2.00. The van der Waals surface area contributed by atoms with Crippen molar-refractivity contribution in [2.75, 3.05) is 27.3 Å². The Balaban J connectivity index is 0.000000568. The fourth-order valence-corrected chi connectivity index (χ4v) is 2.64. The van der Waals surface area contributed by atoms with Crippen LogP contribution in [0.4, 0.5) is 0 Å². The van der Waals surface area contributed by atoms with Crippen molar-refractivity contribution < 1.29 is 34.1 Å². The van der Waals surface area contributed by atoms with Crippen LogP contribution in [0.25, 0.3) is 0 Å². The van der Waals surface area contributed by atoms with E-state index < -0.39 is 11.9 Å². The van der Waals surface area contributed by atoms with Crippen molar-refractivity contribution in [3.05, 3.63) is 46.2 Å². The van der Waals surface area contributed by atoms with Crippen molar-refractivity contribution >= 4 is 29.2 Å². The summed E-state index contributed by atoms with van der Waals surface area (Å²) in [5, 5.41) is 22.8. The monoisotopic (exact) mass is 410 g/mol. The number of hydrogen-bond donors (Lipinski definition) is 4. The predicted octanol–water partition coefficient (Wildman–Crippen LogP) is 1.44. The Bertz CT molecular complexity index is 766. The molecule has 0 radical (unpaired) electrons. The van der Waals surface area contributed by atoms with Gasteiger partial charge in [-0.15, -0.1) is 11.3 Å². The Morgan fingerprint density at radius 3 is 2.29 bits per heavy atom. The topological polar surface area (TPSA) is 134 Å². The van der Waals surface area contributed by atoms with E-state index >= 15 is 0 Å². The third-order valence-corrected chi connectivity index (χ3v) is 4.19. The van der Waals surface area contributed by atoms with Gasteiger partial charge in [0.05, 0.1) is 19.1 Å². The number of ether oxygens (including phenoxy) is 2. The lowest BCUT2D eigenvalue weighted by molar-refractivity contribution is -0.159. The van der Waals surface area contributed by atoms with Gasteiger partial charge in [-0.2, -0.15) is 0 Å². The number of benzene rings is 1. The van der Waals surface area contributed by atoms with Gasteiger partial charge >= 0.3 is 11.9 Å². The lowest BCUT2D eigenvalue weighted by Crippen LogP contribution is -2.31. The van der Waals surface area contributed by atoms with Gasteiger partial charge in [0, 0.05) is 25.2 Å². The van der Waals surface area contributed by atoms with Crippen molar-refractivity contribution in [2.24, 2.45) is 0 Å². The molecule has 2 aromatic rings. The number of carboxylic acid groups (broad SMARTS) is 2. The normalized spacial score (nSPS) is 9.64. The summed E-state index contributed by atoms with van der Waals surface area (Å²) < 4.78 is 10.5. The standard InChI is InChI=1S/C16H20N2O3S.C2H2O4/c1-20-13-5-6-14(21-2)12(10-13)11-17-7-8-18-16(19)15-4-3-9-22-15;3-1(4)2(5)6/h3-6,9-10,17H,7-8,11H2,1-2H3,(H,18,19);(H,3,4)(H,5,6). The highest BCUT2D eigenvalue weighted by molar-refractivity contribution is 7.12. The van der Waals surface area contributed by atoms with Crippen molar-refractivity contribution in [2.45, 2.75) is 6.54 Å². The van der Waals surface area contributed by atoms with Crippen LogP contribution in [0, 0.1) is 0 Å². The Morgan fingerprint density at radius 2 is 1.75 bits per heavy atom. The number of thiophene rings is 1. The average molecular weight is 410 g/mol. The lowest BCUT2D eigenvalue weighted by Gasteiger charge is -2.11. The zero-order chi connectivity index (χ0) is 20.9. The molecule has 1 amide bonds. The first-order valence-electron chi connectivity index (χ1n) is 8.08. The third-order valence-electron chi connectivity index (χ3n) is 3.32. The minimum Gasteiger partial charge on any atom is -0.497 e. The summed E-state index contributed by atoms with van der Waals surface area (Å²) in [7, 11) is 3.28. The van der Waals surface area contributed by atoms with Crippen LogP contribution < -0.4 is 20.1 Å². The van der Waals surface area contributed by atoms with Gasteiger partial charge in [-0.25, -0.2) is 9.59 Å². The number of rotatable bonds is 8. The minimum absolute atomic E-state index is 0.0317. The van der Waals surface area contributed by atoms with E-state index in [9.17, 15) is 4.79 Å². The predicted molar refractivity (Wildman–Crippen MR) is 103 cm³/mol. The lowest BCUT2D eigenvalue weighted by atomic mass is 10.2. The second-order valence-electron chi connectivity index (χ2n) is 5.20. The highest BCUT2D eigenvalue weighted by Crippen LogP contribution is 2.23. The molecule has 0 saturated heterocycles. The number of carboxylic acids is 2. The van der Waals surface area contributed by atoms with Crippen LogP contribution in [0.5, 0.6) is 11.5 Å². The summed E-state index contributed by atoms with van der Waals surface area (Å²) in [6, 6.07) is 9.37. The van der Waals surface area contributed by atoms with E-state index in [-0.39, 0.29) is 5.91 Å². The SMILES string of the molecule is COc1ccc(OC)c(CNCCNC(=O)c2cccs2)c1.O=C(O)C(=O)O. The molecule has 0 bridgehead atoms. The van der Waals surface area contributed by atoms with E-state index in [1.165, 1.54) is 11.3 Å². The van der Waals surface area contributed by atoms with Gasteiger partial charge in [-0.05, 0) is 29.6 Å². The molecule has 0 spiro atoms. The van der Waals surface area contributed by atoms with Crippen LogP contribution in [-0.4, -0.2) is 55.4 Å². The summed E-state index contributed by atoms with van der Waals surface area (Å²) in [4.78, 5) is 30.7. The largest absolute Gasteiger partial charge is 0.497 e. The van der Waals surface area contributed by atoms with E-state index in [1.54, 1.807) is 14.2 Å². The molecule has 0 atom stereocenters. The molecule has 10 heteroatoms. The maximum absolute atomic E-state index is 11.8. The Labute approximate surface area is 165 Å². The van der Waals surface area contributed by atoms with E-state index in [0.717, 1.165) is 21.9 Å². The van der Waals surface area contributed by atoms with Crippen LogP contribution in [0.15, 0.2) is 35.7 Å². The first-order chi connectivity index (χ1) is 13.4. The second-order valence-corrected chi connectivity index (χ2v) is 6.15. The van der Waals surface area contributed by atoms with Crippen molar-refractivity contribution in [1.29, 1.82) is 0 Å². The number of nitrogens with one attached hydrogen (secondary N) is 2. The number of amides is 1. The van der Waals surface area contributed by atoms with Gasteiger partial charge in [0.25, 0.3) is 5.91 Å². The van der Waals surface area contributed by atoms with Crippen LogP contribution in [-0.2, 0) is 16.1 Å². The molecule has 0 saturated carbocycles. The molecule has 152 valence electrons. The van der Waals surface area contributed by atoms with E-state index in [1.807, 2.05) is 35.7 Å². The molecular formula is C18H22N2O7S. The van der Waals surface area contributed by atoms with Gasteiger partial charge in [0.2, 0.25) is 0 Å². The van der Waals surface area contributed by atoms with E-state index in [4.69, 9.17) is 29.3 Å². The maximum atomic E-state index is 11.8. The molecule has 2 rings (SSSR count). The van der Waals surface area contributed by atoms with Crippen LogP contribution in [0.2, 0.25) is 0 Å². The molecule has 4 N–H and O–H groups in total. The van der Waals surface area contributed by atoms with E-state index in [0.29, 0.717) is 19.6 Å². The zero-order valence-corrected chi connectivity index (χ0v) is 16.2. The van der Waals surface area contributed by atoms with Crippen LogP contribution in [0.3, 0.4) is 0 Å². The molecule has 1 aromatic heterocycles. The second kappa shape index (κ2) is 12.3. The van der Waals surface area contributed by atoms with E-state index in [2.05, 4.69) is 10.6 Å². The average Bonchev–Trinajstić information content (AvgIpc) is 3.22. The molecule has 0 fully saturated rings. The molecule has 1 heterocycles. The van der Waals surface area contributed by atoms with Crippen molar-refractivity contribution in [1.82, 2.24) is 10.6 Å².